The van der Waals surface area contributed by atoms with Gasteiger partial charge >= 0.3 is 0 Å². The fraction of sp³-hybridized carbons (Fsp3) is 0.467. The largest absolute Gasteiger partial charge is 0.378 e. The van der Waals surface area contributed by atoms with Crippen molar-refractivity contribution in [2.24, 2.45) is 5.41 Å². The lowest BCUT2D eigenvalue weighted by molar-refractivity contribution is -0.140. The maximum Gasteiger partial charge on any atom is 0.204 e. The van der Waals surface area contributed by atoms with Crippen molar-refractivity contribution in [3.05, 3.63) is 29.8 Å². The first-order valence-electron chi connectivity index (χ1n) is 6.05. The highest BCUT2D eigenvalue weighted by molar-refractivity contribution is 6.39. The maximum atomic E-state index is 11.8. The lowest BCUT2D eigenvalue weighted by atomic mass is 9.86. The van der Waals surface area contributed by atoms with E-state index in [4.69, 9.17) is 0 Å². The molecular weight excluding hydrogens is 226 g/mol. The normalized spacial score (nSPS) is 11.2. The Morgan fingerprint density at radius 3 is 1.94 bits per heavy atom. The van der Waals surface area contributed by atoms with E-state index in [1.165, 1.54) is 0 Å². The van der Waals surface area contributed by atoms with Crippen LogP contribution in [0.3, 0.4) is 0 Å². The van der Waals surface area contributed by atoms with Gasteiger partial charge in [0.05, 0.1) is 0 Å². The van der Waals surface area contributed by atoms with Gasteiger partial charge in [-0.25, -0.2) is 0 Å². The summed E-state index contributed by atoms with van der Waals surface area (Å²) in [7, 11) is 3.92. The van der Waals surface area contributed by atoms with Gasteiger partial charge in [0.15, 0.2) is 0 Å². The fourth-order valence-electron chi connectivity index (χ4n) is 1.60. The molecule has 18 heavy (non-hydrogen) atoms. The summed E-state index contributed by atoms with van der Waals surface area (Å²) in [6, 6.07) is 7.68. The van der Waals surface area contributed by atoms with Crippen LogP contribution < -0.4 is 4.90 Å². The number of rotatable bonds is 4. The van der Waals surface area contributed by atoms with E-state index in [2.05, 4.69) is 0 Å². The summed E-state index contributed by atoms with van der Waals surface area (Å²) in [5.41, 5.74) is 1.36. The van der Waals surface area contributed by atoms with Crippen molar-refractivity contribution >= 4 is 17.3 Å². The molecule has 98 valence electrons. The average Bonchev–Trinajstić information content (AvgIpc) is 2.27. The van der Waals surface area contributed by atoms with Crippen LogP contribution in [0.2, 0.25) is 0 Å². The van der Waals surface area contributed by atoms with Gasteiger partial charge < -0.3 is 4.90 Å². The van der Waals surface area contributed by atoms with Gasteiger partial charge in [-0.1, -0.05) is 32.9 Å². The number of carbonyl (C=O) groups is 2. The number of hydrogen-bond acceptors (Lipinski definition) is 3. The molecule has 1 aromatic carbocycles. The number of nitrogens with zero attached hydrogens (tertiary/aromatic N) is 1. The Balaban J connectivity index is 2.74. The summed E-state index contributed by atoms with van der Waals surface area (Å²) in [6.07, 6.45) is 0.184. The zero-order valence-corrected chi connectivity index (χ0v) is 11.8. The molecule has 0 bridgehead atoms. The Morgan fingerprint density at radius 1 is 1.06 bits per heavy atom. The van der Waals surface area contributed by atoms with E-state index in [9.17, 15) is 9.59 Å². The molecule has 0 amide bonds. The van der Waals surface area contributed by atoms with Gasteiger partial charge in [-0.15, -0.1) is 0 Å². The van der Waals surface area contributed by atoms with Gasteiger partial charge in [-0.2, -0.15) is 0 Å². The molecule has 0 atom stereocenters. The number of hydrogen-bond donors (Lipinski definition) is 0. The zero-order chi connectivity index (χ0) is 13.9. The monoisotopic (exact) mass is 247 g/mol. The van der Waals surface area contributed by atoms with Crippen molar-refractivity contribution in [1.29, 1.82) is 0 Å². The molecule has 0 spiro atoms. The van der Waals surface area contributed by atoms with Gasteiger partial charge in [0.1, 0.15) is 0 Å². The highest BCUT2D eigenvalue weighted by Crippen LogP contribution is 2.17. The minimum atomic E-state index is -0.597. The predicted octanol–water partition coefficient (Wildman–Crippen LogP) is 2.48. The van der Waals surface area contributed by atoms with Crippen molar-refractivity contribution < 1.29 is 9.59 Å². The lowest BCUT2D eigenvalue weighted by Crippen LogP contribution is -2.29. The summed E-state index contributed by atoms with van der Waals surface area (Å²) >= 11 is 0. The Bertz CT molecular complexity index is 439. The highest BCUT2D eigenvalue weighted by Gasteiger charge is 2.27. The smallest absolute Gasteiger partial charge is 0.204 e. The van der Waals surface area contributed by atoms with Crippen LogP contribution >= 0.6 is 0 Å². The van der Waals surface area contributed by atoms with Crippen LogP contribution in [0.1, 0.15) is 26.3 Å². The molecule has 0 saturated carbocycles. The van der Waals surface area contributed by atoms with Crippen LogP contribution in [0.4, 0.5) is 5.69 Å². The molecule has 0 saturated heterocycles. The van der Waals surface area contributed by atoms with Gasteiger partial charge in [-0.3, -0.25) is 9.59 Å². The minimum Gasteiger partial charge on any atom is -0.378 e. The van der Waals surface area contributed by atoms with Crippen LogP contribution in [-0.4, -0.2) is 25.7 Å². The number of anilines is 1. The number of ketones is 2. The Kier molecular flexibility index (Phi) is 4.28. The first-order valence-corrected chi connectivity index (χ1v) is 6.05. The number of Topliss-reactive ketones (excluding diaryl/α,β-unsaturated/α-hetero) is 2. The molecule has 0 heterocycles. The van der Waals surface area contributed by atoms with Crippen LogP contribution in [0.15, 0.2) is 24.3 Å². The second kappa shape index (κ2) is 5.34. The van der Waals surface area contributed by atoms with E-state index in [0.29, 0.717) is 0 Å². The average molecular weight is 247 g/mol. The van der Waals surface area contributed by atoms with Gasteiger partial charge in [-0.05, 0) is 17.7 Å². The Morgan fingerprint density at radius 2 is 1.56 bits per heavy atom. The van der Waals surface area contributed by atoms with Crippen molar-refractivity contribution in [2.75, 3.05) is 19.0 Å². The number of carbonyl (C=O) groups excluding carboxylic acids is 2. The molecule has 0 N–H and O–H groups in total. The molecule has 0 aliphatic carbocycles. The summed E-state index contributed by atoms with van der Waals surface area (Å²) < 4.78 is 0. The van der Waals surface area contributed by atoms with E-state index < -0.39 is 5.41 Å². The Labute approximate surface area is 109 Å². The molecule has 3 heteroatoms. The van der Waals surface area contributed by atoms with Crippen molar-refractivity contribution in [2.45, 2.75) is 27.2 Å². The molecule has 1 rings (SSSR count). The molecule has 0 aliphatic rings. The fourth-order valence-corrected chi connectivity index (χ4v) is 1.60. The second-order valence-corrected chi connectivity index (χ2v) is 5.74. The Hall–Kier alpha value is -1.64. The molecule has 3 nitrogen and oxygen atoms in total. The quantitative estimate of drug-likeness (QED) is 0.767. The standard InChI is InChI=1S/C15H21NO2/c1-15(2,3)14(18)13(17)10-11-6-8-12(9-7-11)16(4)5/h6-9H,10H2,1-5H3. The van der Waals surface area contributed by atoms with Crippen molar-refractivity contribution in [3.8, 4) is 0 Å². The predicted molar refractivity (Wildman–Crippen MR) is 73.9 cm³/mol. The summed E-state index contributed by atoms with van der Waals surface area (Å²) in [6.45, 7) is 5.30. The molecule has 1 aromatic rings. The second-order valence-electron chi connectivity index (χ2n) is 5.74. The minimum absolute atomic E-state index is 0.184. The summed E-state index contributed by atoms with van der Waals surface area (Å²) in [5, 5.41) is 0. The van der Waals surface area contributed by atoms with Gasteiger partial charge in [0, 0.05) is 31.6 Å². The summed E-state index contributed by atoms with van der Waals surface area (Å²) in [5.74, 6) is -0.626. The van der Waals surface area contributed by atoms with Crippen LogP contribution in [0.5, 0.6) is 0 Å². The lowest BCUT2D eigenvalue weighted by Gasteiger charge is -2.15. The molecule has 0 radical (unpaired) electrons. The number of benzene rings is 1. The zero-order valence-electron chi connectivity index (χ0n) is 11.8. The van der Waals surface area contributed by atoms with E-state index in [1.54, 1.807) is 20.8 Å². The first kappa shape index (κ1) is 14.4. The van der Waals surface area contributed by atoms with Gasteiger partial charge in [0.2, 0.25) is 11.6 Å². The van der Waals surface area contributed by atoms with Crippen LogP contribution in [0.25, 0.3) is 0 Å². The molecule has 0 aliphatic heterocycles. The highest BCUT2D eigenvalue weighted by atomic mass is 16.2. The van der Waals surface area contributed by atoms with E-state index in [-0.39, 0.29) is 18.0 Å². The topological polar surface area (TPSA) is 37.4 Å². The third-order valence-corrected chi connectivity index (χ3v) is 2.75. The third kappa shape index (κ3) is 3.69. The molecule has 0 unspecified atom stereocenters. The van der Waals surface area contributed by atoms with Gasteiger partial charge in [0.25, 0.3) is 0 Å². The van der Waals surface area contributed by atoms with Crippen LogP contribution in [-0.2, 0) is 16.0 Å². The van der Waals surface area contributed by atoms with E-state index >= 15 is 0 Å². The van der Waals surface area contributed by atoms with E-state index in [1.807, 2.05) is 43.3 Å². The van der Waals surface area contributed by atoms with Crippen LogP contribution in [0, 0.1) is 5.41 Å². The molecular formula is C15H21NO2. The summed E-state index contributed by atoms with van der Waals surface area (Å²) in [4.78, 5) is 25.6. The van der Waals surface area contributed by atoms with E-state index in [0.717, 1.165) is 11.3 Å². The molecule has 0 fully saturated rings. The third-order valence-electron chi connectivity index (χ3n) is 2.75. The molecule has 0 aromatic heterocycles. The maximum absolute atomic E-state index is 11.8. The van der Waals surface area contributed by atoms with Crippen molar-refractivity contribution in [1.82, 2.24) is 0 Å². The van der Waals surface area contributed by atoms with Crippen molar-refractivity contribution in [3.63, 3.8) is 0 Å². The first-order chi connectivity index (χ1) is 8.21. The SMILES string of the molecule is CN(C)c1ccc(CC(=O)C(=O)C(C)(C)C)cc1.